The van der Waals surface area contributed by atoms with Gasteiger partial charge < -0.3 is 9.64 Å². The molecule has 1 aromatic carbocycles. The van der Waals surface area contributed by atoms with Gasteiger partial charge in [0.25, 0.3) is 5.91 Å². The first kappa shape index (κ1) is 18.2. The summed E-state index contributed by atoms with van der Waals surface area (Å²) in [7, 11) is 0. The van der Waals surface area contributed by atoms with Crippen LogP contribution in [0.3, 0.4) is 0 Å². The molecule has 1 saturated heterocycles. The Morgan fingerprint density at radius 3 is 2.67 bits per heavy atom. The average molecular weight is 347 g/mol. The Morgan fingerprint density at radius 1 is 1.33 bits per heavy atom. The molecule has 2 rings (SSSR count). The highest BCUT2D eigenvalue weighted by molar-refractivity contribution is 5.97. The van der Waals surface area contributed by atoms with Crippen LogP contribution in [0.2, 0.25) is 0 Å². The number of esters is 1. The van der Waals surface area contributed by atoms with Gasteiger partial charge >= 0.3 is 12.1 Å². The van der Waals surface area contributed by atoms with Crippen molar-refractivity contribution in [1.29, 1.82) is 0 Å². The third-order valence-electron chi connectivity index (χ3n) is 3.77. The number of alkyl halides is 3. The lowest BCUT2D eigenvalue weighted by Crippen LogP contribution is -2.42. The van der Waals surface area contributed by atoms with Gasteiger partial charge in [-0.1, -0.05) is 13.0 Å². The fourth-order valence-corrected chi connectivity index (χ4v) is 2.62. The van der Waals surface area contributed by atoms with Crippen molar-refractivity contribution >= 4 is 11.9 Å². The fraction of sp³-hybridized carbons (Fsp3) is 0.500. The number of nitrogens with zero attached hydrogens (tertiary/aromatic N) is 1. The molecule has 0 bridgehead atoms. The summed E-state index contributed by atoms with van der Waals surface area (Å²) in [5, 5.41) is 0. The maximum Gasteiger partial charge on any atom is 0.419 e. The Morgan fingerprint density at radius 2 is 2.04 bits per heavy atom. The van der Waals surface area contributed by atoms with Gasteiger partial charge in [0.1, 0.15) is 11.9 Å². The maximum atomic E-state index is 14.1. The zero-order chi connectivity index (χ0) is 17.9. The van der Waals surface area contributed by atoms with Crippen LogP contribution in [-0.2, 0) is 15.7 Å². The number of rotatable bonds is 4. The Balaban J connectivity index is 2.26. The Labute approximate surface area is 136 Å². The van der Waals surface area contributed by atoms with Crippen LogP contribution in [0.5, 0.6) is 0 Å². The second-order valence-electron chi connectivity index (χ2n) is 5.49. The van der Waals surface area contributed by atoms with E-state index >= 15 is 0 Å². The summed E-state index contributed by atoms with van der Waals surface area (Å²) in [5.74, 6) is -3.17. The van der Waals surface area contributed by atoms with Crippen LogP contribution in [0, 0.1) is 5.82 Å². The first-order valence-electron chi connectivity index (χ1n) is 7.60. The minimum absolute atomic E-state index is 0.167. The molecule has 0 radical (unpaired) electrons. The molecule has 1 atom stereocenters. The minimum Gasteiger partial charge on any atom is -0.464 e. The Hall–Kier alpha value is -2.12. The quantitative estimate of drug-likeness (QED) is 0.619. The number of likely N-dealkylation sites (tertiary alicyclic amines) is 1. The third-order valence-corrected chi connectivity index (χ3v) is 3.77. The molecule has 0 saturated carbocycles. The number of amides is 1. The molecule has 24 heavy (non-hydrogen) atoms. The lowest BCUT2D eigenvalue weighted by atomic mass is 10.1. The molecular formula is C16H17F4NO3. The molecule has 1 heterocycles. The van der Waals surface area contributed by atoms with Gasteiger partial charge in [-0.05, 0) is 31.4 Å². The predicted octanol–water partition coefficient (Wildman–Crippen LogP) is 3.40. The van der Waals surface area contributed by atoms with Gasteiger partial charge in [0.05, 0.1) is 17.7 Å². The average Bonchev–Trinajstić information content (AvgIpc) is 3.00. The van der Waals surface area contributed by atoms with E-state index in [1.165, 1.54) is 0 Å². The lowest BCUT2D eigenvalue weighted by molar-refractivity contribution is -0.148. The van der Waals surface area contributed by atoms with Gasteiger partial charge in [-0.2, -0.15) is 13.2 Å². The minimum atomic E-state index is -4.90. The van der Waals surface area contributed by atoms with E-state index in [1.54, 1.807) is 0 Å². The number of hydrogen-bond donors (Lipinski definition) is 0. The standard InChI is InChI=1S/C16H17F4NO3/c1-2-9-24-15(23)12-7-4-8-21(12)14(22)10-5-3-6-11(13(10)17)16(18,19)20/h3,5-6,12H,2,4,7-9H2,1H3. The molecule has 1 aliphatic heterocycles. The summed E-state index contributed by atoms with van der Waals surface area (Å²) < 4.78 is 57.4. The molecule has 0 N–H and O–H groups in total. The van der Waals surface area contributed by atoms with Gasteiger partial charge in [0, 0.05) is 6.54 Å². The number of carbonyl (C=O) groups is 2. The third kappa shape index (κ3) is 3.68. The topological polar surface area (TPSA) is 46.6 Å². The lowest BCUT2D eigenvalue weighted by Gasteiger charge is -2.24. The zero-order valence-corrected chi connectivity index (χ0v) is 13.0. The highest BCUT2D eigenvalue weighted by atomic mass is 19.4. The molecule has 1 aromatic rings. The van der Waals surface area contributed by atoms with Gasteiger partial charge in [0.15, 0.2) is 0 Å². The van der Waals surface area contributed by atoms with E-state index in [9.17, 15) is 27.2 Å². The van der Waals surface area contributed by atoms with Gasteiger partial charge in [0.2, 0.25) is 0 Å². The maximum absolute atomic E-state index is 14.1. The largest absolute Gasteiger partial charge is 0.464 e. The Bertz CT molecular complexity index is 630. The number of ether oxygens (including phenoxy) is 1. The fourth-order valence-electron chi connectivity index (χ4n) is 2.62. The van der Waals surface area contributed by atoms with Crippen molar-refractivity contribution in [1.82, 2.24) is 4.90 Å². The molecule has 1 amide bonds. The van der Waals surface area contributed by atoms with E-state index in [2.05, 4.69) is 0 Å². The summed E-state index contributed by atoms with van der Waals surface area (Å²) in [4.78, 5) is 25.5. The van der Waals surface area contributed by atoms with Crippen molar-refractivity contribution < 1.29 is 31.9 Å². The Kier molecular flexibility index (Phi) is 5.46. The smallest absolute Gasteiger partial charge is 0.419 e. The number of hydrogen-bond acceptors (Lipinski definition) is 3. The summed E-state index contributed by atoms with van der Waals surface area (Å²) >= 11 is 0. The molecule has 132 valence electrons. The summed E-state index contributed by atoms with van der Waals surface area (Å²) in [6, 6.07) is 1.64. The van der Waals surface area contributed by atoms with Crippen LogP contribution < -0.4 is 0 Å². The molecule has 0 spiro atoms. The molecule has 8 heteroatoms. The summed E-state index contributed by atoms with van der Waals surface area (Å²) in [6.45, 7) is 2.17. The molecule has 0 aromatic heterocycles. The normalized spacial score (nSPS) is 17.9. The highest BCUT2D eigenvalue weighted by Crippen LogP contribution is 2.33. The summed E-state index contributed by atoms with van der Waals surface area (Å²) in [5.41, 5.74) is -2.20. The van der Waals surface area contributed by atoms with E-state index in [1.807, 2.05) is 6.92 Å². The van der Waals surface area contributed by atoms with Gasteiger partial charge in [-0.15, -0.1) is 0 Å². The van der Waals surface area contributed by atoms with E-state index in [4.69, 9.17) is 4.74 Å². The van der Waals surface area contributed by atoms with E-state index < -0.39 is 41.0 Å². The molecule has 0 aliphatic carbocycles. The SMILES string of the molecule is CCCOC(=O)C1CCCN1C(=O)c1cccc(C(F)(F)F)c1F. The van der Waals surface area contributed by atoms with Crippen LogP contribution in [0.4, 0.5) is 17.6 Å². The van der Waals surface area contributed by atoms with Crippen molar-refractivity contribution in [3.8, 4) is 0 Å². The van der Waals surface area contributed by atoms with Crippen molar-refractivity contribution in [3.05, 3.63) is 35.1 Å². The first-order valence-corrected chi connectivity index (χ1v) is 7.60. The van der Waals surface area contributed by atoms with Crippen LogP contribution >= 0.6 is 0 Å². The first-order chi connectivity index (χ1) is 11.3. The van der Waals surface area contributed by atoms with Crippen LogP contribution in [0.15, 0.2) is 18.2 Å². The van der Waals surface area contributed by atoms with Gasteiger partial charge in [-0.3, -0.25) is 4.79 Å². The second kappa shape index (κ2) is 7.19. The predicted molar refractivity (Wildman–Crippen MR) is 76.7 cm³/mol. The van der Waals surface area contributed by atoms with Crippen molar-refractivity contribution in [2.24, 2.45) is 0 Å². The number of carbonyl (C=O) groups excluding carboxylic acids is 2. The molecular weight excluding hydrogens is 330 g/mol. The van der Waals surface area contributed by atoms with Crippen molar-refractivity contribution in [2.45, 2.75) is 38.4 Å². The molecule has 1 aliphatic rings. The zero-order valence-electron chi connectivity index (χ0n) is 13.0. The number of benzene rings is 1. The monoisotopic (exact) mass is 347 g/mol. The number of halogens is 4. The summed E-state index contributed by atoms with van der Waals surface area (Å²) in [6.07, 6.45) is -3.45. The van der Waals surface area contributed by atoms with E-state index in [0.717, 1.165) is 17.0 Å². The molecule has 1 fully saturated rings. The van der Waals surface area contributed by atoms with Crippen LogP contribution in [0.1, 0.15) is 42.1 Å². The van der Waals surface area contributed by atoms with Crippen molar-refractivity contribution in [2.75, 3.05) is 13.2 Å². The van der Waals surface area contributed by atoms with E-state index in [-0.39, 0.29) is 13.2 Å². The highest BCUT2D eigenvalue weighted by Gasteiger charge is 2.39. The van der Waals surface area contributed by atoms with Crippen LogP contribution in [0.25, 0.3) is 0 Å². The van der Waals surface area contributed by atoms with Gasteiger partial charge in [-0.25, -0.2) is 9.18 Å². The van der Waals surface area contributed by atoms with E-state index in [0.29, 0.717) is 25.3 Å². The van der Waals surface area contributed by atoms with Crippen LogP contribution in [-0.4, -0.2) is 36.0 Å². The van der Waals surface area contributed by atoms with Crippen molar-refractivity contribution in [3.63, 3.8) is 0 Å². The second-order valence-corrected chi connectivity index (χ2v) is 5.49. The molecule has 4 nitrogen and oxygen atoms in total. The molecule has 1 unspecified atom stereocenters.